The smallest absolute Gasteiger partial charge is 0.243 e. The summed E-state index contributed by atoms with van der Waals surface area (Å²) in [6.07, 6.45) is 2.21. The summed E-state index contributed by atoms with van der Waals surface area (Å²) < 4.78 is 37.7. The third kappa shape index (κ3) is 5.53. The van der Waals surface area contributed by atoms with Gasteiger partial charge in [0.25, 0.3) is 0 Å². The van der Waals surface area contributed by atoms with Crippen molar-refractivity contribution in [3.05, 3.63) is 52.0 Å². The minimum absolute atomic E-state index is 0.113. The van der Waals surface area contributed by atoms with Crippen molar-refractivity contribution < 1.29 is 22.7 Å². The Hall–Kier alpha value is -2.33. The van der Waals surface area contributed by atoms with Crippen LogP contribution >= 0.6 is 23.2 Å². The normalized spacial score (nSPS) is 15.6. The Morgan fingerprint density at radius 1 is 1.09 bits per heavy atom. The minimum atomic E-state index is -3.72. The van der Waals surface area contributed by atoms with E-state index >= 15 is 0 Å². The summed E-state index contributed by atoms with van der Waals surface area (Å²) in [5.41, 5.74) is 3.11. The molecule has 1 aliphatic heterocycles. The van der Waals surface area contributed by atoms with Gasteiger partial charge in [-0.2, -0.15) is 9.41 Å². The van der Waals surface area contributed by atoms with Crippen LogP contribution in [0.1, 0.15) is 18.4 Å². The molecular weight excluding hydrogens is 477 g/mol. The van der Waals surface area contributed by atoms with Crippen LogP contribution in [0.2, 0.25) is 10.0 Å². The van der Waals surface area contributed by atoms with Gasteiger partial charge in [-0.25, -0.2) is 13.8 Å². The van der Waals surface area contributed by atoms with E-state index in [-0.39, 0.29) is 29.8 Å². The van der Waals surface area contributed by atoms with E-state index in [4.69, 9.17) is 32.7 Å². The highest BCUT2D eigenvalue weighted by atomic mass is 35.5. The molecule has 2 aromatic rings. The quantitative estimate of drug-likeness (QED) is 0.463. The molecule has 1 amide bonds. The van der Waals surface area contributed by atoms with Crippen molar-refractivity contribution in [1.29, 1.82) is 0 Å². The number of nitrogens with one attached hydrogen (secondary N) is 1. The molecule has 0 aliphatic carbocycles. The summed E-state index contributed by atoms with van der Waals surface area (Å²) in [6, 6.07) is 9.41. The highest BCUT2D eigenvalue weighted by molar-refractivity contribution is 7.89. The van der Waals surface area contributed by atoms with Gasteiger partial charge in [0.2, 0.25) is 15.9 Å². The van der Waals surface area contributed by atoms with Crippen molar-refractivity contribution in [2.45, 2.75) is 17.7 Å². The third-order valence-electron chi connectivity index (χ3n) is 5.16. The Bertz CT molecular complexity index is 1120. The van der Waals surface area contributed by atoms with Crippen LogP contribution in [0.3, 0.4) is 0 Å². The number of sulfonamides is 1. The maximum Gasteiger partial charge on any atom is 0.243 e. The highest BCUT2D eigenvalue weighted by Crippen LogP contribution is 2.32. The third-order valence-corrected chi connectivity index (χ3v) is 7.62. The summed E-state index contributed by atoms with van der Waals surface area (Å²) >= 11 is 11.9. The van der Waals surface area contributed by atoms with E-state index < -0.39 is 10.0 Å². The Balaban J connectivity index is 1.59. The Morgan fingerprint density at radius 3 is 2.41 bits per heavy atom. The molecule has 1 heterocycles. The van der Waals surface area contributed by atoms with Crippen LogP contribution in [0.25, 0.3) is 0 Å². The van der Waals surface area contributed by atoms with E-state index in [9.17, 15) is 13.2 Å². The molecule has 11 heteroatoms. The molecule has 172 valence electrons. The number of carbonyl (C=O) groups is 1. The summed E-state index contributed by atoms with van der Waals surface area (Å²) in [5.74, 6) is 0.169. The van der Waals surface area contributed by atoms with Gasteiger partial charge < -0.3 is 9.47 Å². The molecule has 0 atom stereocenters. The first-order valence-electron chi connectivity index (χ1n) is 9.76. The fourth-order valence-corrected chi connectivity index (χ4v) is 5.29. The predicted molar refractivity (Wildman–Crippen MR) is 123 cm³/mol. The van der Waals surface area contributed by atoms with E-state index in [0.29, 0.717) is 39.9 Å². The van der Waals surface area contributed by atoms with Gasteiger partial charge in [-0.15, -0.1) is 0 Å². The van der Waals surface area contributed by atoms with Crippen molar-refractivity contribution in [1.82, 2.24) is 9.73 Å². The standard InChI is InChI=1S/C21H23Cl2N3O5S/c1-30-19-6-5-17(12-20(19)31-2)32(28,29)26-9-7-14(8-10-26)21(27)25-24-13-15-3-4-16(22)11-18(15)23/h3-6,11-14H,7-10H2,1-2H3,(H,25,27)/b24-13-. The number of rotatable bonds is 7. The first-order chi connectivity index (χ1) is 15.3. The number of hydrogen-bond acceptors (Lipinski definition) is 6. The van der Waals surface area contributed by atoms with Gasteiger partial charge in [0.15, 0.2) is 11.5 Å². The lowest BCUT2D eigenvalue weighted by molar-refractivity contribution is -0.126. The average Bonchev–Trinajstić information content (AvgIpc) is 2.79. The molecular formula is C21H23Cl2N3O5S. The van der Waals surface area contributed by atoms with E-state index in [1.807, 2.05) is 0 Å². The number of nitrogens with zero attached hydrogens (tertiary/aromatic N) is 2. The number of halogens is 2. The van der Waals surface area contributed by atoms with Crippen molar-refractivity contribution >= 4 is 45.3 Å². The topological polar surface area (TPSA) is 97.3 Å². The second-order valence-corrected chi connectivity index (χ2v) is 9.88. The van der Waals surface area contributed by atoms with Crippen LogP contribution in [0, 0.1) is 5.92 Å². The molecule has 0 aromatic heterocycles. The first kappa shape index (κ1) is 24.3. The van der Waals surface area contributed by atoms with Crippen LogP contribution in [0.5, 0.6) is 11.5 Å². The molecule has 1 saturated heterocycles. The molecule has 8 nitrogen and oxygen atoms in total. The van der Waals surface area contributed by atoms with Crippen molar-refractivity contribution in [2.75, 3.05) is 27.3 Å². The predicted octanol–water partition coefficient (Wildman–Crippen LogP) is 3.56. The maximum absolute atomic E-state index is 13.0. The SMILES string of the molecule is COc1ccc(S(=O)(=O)N2CCC(C(=O)N/N=C\c3ccc(Cl)cc3Cl)CC2)cc1OC. The largest absolute Gasteiger partial charge is 0.493 e. The molecule has 0 bridgehead atoms. The number of hydrazone groups is 1. The highest BCUT2D eigenvalue weighted by Gasteiger charge is 2.32. The number of hydrogen-bond donors (Lipinski definition) is 1. The molecule has 0 radical (unpaired) electrons. The Labute approximate surface area is 197 Å². The number of amides is 1. The Kier molecular flexibility index (Phi) is 8.00. The zero-order chi connectivity index (χ0) is 23.3. The van der Waals surface area contributed by atoms with Gasteiger partial charge >= 0.3 is 0 Å². The van der Waals surface area contributed by atoms with E-state index in [1.165, 1.54) is 36.9 Å². The summed E-state index contributed by atoms with van der Waals surface area (Å²) in [7, 11) is -0.791. The fraction of sp³-hybridized carbons (Fsp3) is 0.333. The second kappa shape index (κ2) is 10.5. The molecule has 32 heavy (non-hydrogen) atoms. The molecule has 3 rings (SSSR count). The number of carbonyl (C=O) groups excluding carboxylic acids is 1. The maximum atomic E-state index is 13.0. The van der Waals surface area contributed by atoms with Gasteiger partial charge in [0.05, 0.1) is 30.4 Å². The Morgan fingerprint density at radius 2 is 1.78 bits per heavy atom. The fourth-order valence-electron chi connectivity index (χ4n) is 3.35. The molecule has 1 N–H and O–H groups in total. The first-order valence-corrected chi connectivity index (χ1v) is 12.0. The monoisotopic (exact) mass is 499 g/mol. The molecule has 0 spiro atoms. The summed E-state index contributed by atoms with van der Waals surface area (Å²) in [6.45, 7) is 0.447. The van der Waals surface area contributed by atoms with Gasteiger partial charge in [0, 0.05) is 35.7 Å². The number of methoxy groups -OCH3 is 2. The second-order valence-electron chi connectivity index (χ2n) is 7.10. The van der Waals surface area contributed by atoms with Gasteiger partial charge in [-0.05, 0) is 37.1 Å². The zero-order valence-electron chi connectivity index (χ0n) is 17.5. The van der Waals surface area contributed by atoms with E-state index in [2.05, 4.69) is 10.5 Å². The van der Waals surface area contributed by atoms with Crippen molar-refractivity contribution in [3.63, 3.8) is 0 Å². The number of benzene rings is 2. The van der Waals surface area contributed by atoms with Crippen LogP contribution in [0.4, 0.5) is 0 Å². The van der Waals surface area contributed by atoms with Gasteiger partial charge in [-0.3, -0.25) is 4.79 Å². The van der Waals surface area contributed by atoms with Crippen LogP contribution in [-0.2, 0) is 14.8 Å². The van der Waals surface area contributed by atoms with Crippen molar-refractivity contribution in [2.24, 2.45) is 11.0 Å². The summed E-state index contributed by atoms with van der Waals surface area (Å²) in [5, 5.41) is 4.87. The van der Waals surface area contributed by atoms with E-state index in [0.717, 1.165) is 0 Å². The lowest BCUT2D eigenvalue weighted by Gasteiger charge is -2.30. The molecule has 0 unspecified atom stereocenters. The lowest BCUT2D eigenvalue weighted by Crippen LogP contribution is -2.42. The number of ether oxygens (including phenoxy) is 2. The van der Waals surface area contributed by atoms with Crippen LogP contribution in [-0.4, -0.2) is 52.2 Å². The van der Waals surface area contributed by atoms with Gasteiger partial charge in [-0.1, -0.05) is 29.3 Å². The molecule has 1 aliphatic rings. The van der Waals surface area contributed by atoms with Crippen LogP contribution < -0.4 is 14.9 Å². The van der Waals surface area contributed by atoms with Crippen molar-refractivity contribution in [3.8, 4) is 11.5 Å². The molecule has 0 saturated carbocycles. The van der Waals surface area contributed by atoms with E-state index in [1.54, 1.807) is 24.3 Å². The average molecular weight is 500 g/mol. The zero-order valence-corrected chi connectivity index (χ0v) is 19.9. The molecule has 2 aromatic carbocycles. The minimum Gasteiger partial charge on any atom is -0.493 e. The van der Waals surface area contributed by atoms with Crippen LogP contribution in [0.15, 0.2) is 46.4 Å². The molecule has 1 fully saturated rings. The van der Waals surface area contributed by atoms with Gasteiger partial charge in [0.1, 0.15) is 0 Å². The summed E-state index contributed by atoms with van der Waals surface area (Å²) in [4.78, 5) is 12.5. The number of piperidine rings is 1. The lowest BCUT2D eigenvalue weighted by atomic mass is 9.98.